The molecule has 0 spiro atoms. The predicted octanol–water partition coefficient (Wildman–Crippen LogP) is -1.89. The summed E-state index contributed by atoms with van der Waals surface area (Å²) in [5, 5.41) is 54.6. The summed E-state index contributed by atoms with van der Waals surface area (Å²) in [5.74, 6) is -3.30. The Labute approximate surface area is 362 Å². The first-order chi connectivity index (χ1) is 26.7. The van der Waals surface area contributed by atoms with Crippen LogP contribution in [0.2, 0.25) is 5.02 Å². The number of aromatic nitrogens is 6. The monoisotopic (exact) mass is 858 g/mol. The Balaban J connectivity index is 0.00000549. The number of hydrogen-bond donors (Lipinski definition) is 4. The smallest absolute Gasteiger partial charge is 0.546 e. The number of aliphatic carboxylic acids is 1. The number of halogens is 1. The van der Waals surface area contributed by atoms with Crippen molar-refractivity contribution in [3.05, 3.63) is 81.7 Å². The molecule has 0 aliphatic carbocycles. The fourth-order valence-electron chi connectivity index (χ4n) is 5.75. The Bertz CT molecular complexity index is 2480. The van der Waals surface area contributed by atoms with E-state index in [2.05, 4.69) is 36.1 Å². The molecular weight excluding hydrogens is 831 g/mol. The molecule has 3 aromatic heterocycles. The number of β-lactam (4-membered cyclic amide) rings is 1. The molecule has 0 saturated carbocycles. The van der Waals surface area contributed by atoms with E-state index in [0.717, 1.165) is 32.7 Å². The second-order valence-electron chi connectivity index (χ2n) is 12.7. The fraction of sp³-hybridized carbons (Fsp3) is 0.235. The molecule has 288 valence electrons. The van der Waals surface area contributed by atoms with Gasteiger partial charge in [0.15, 0.2) is 34.1 Å². The Morgan fingerprint density at radius 2 is 2.00 bits per heavy atom. The van der Waals surface area contributed by atoms with E-state index in [1.54, 1.807) is 10.8 Å². The summed E-state index contributed by atoms with van der Waals surface area (Å²) in [6.07, 6.45) is 1.76. The SMILES string of the molecule is CC(C)(O/N=C(\C(=O)N[C@@H]1C(=O)N2C(c3nnn[n-]3)=C(CSc3cc[n+](CC(=O)c4ccc(O)c(O)c4Cl)c4ccccc34)CS[C@H]12)c1csc(N)n1)C(=O)[O-].[Na+]. The number of nitrogens with two attached hydrogens (primary N) is 1. The average Bonchev–Trinajstić information content (AvgIpc) is 3.87. The first kappa shape index (κ1) is 41.9. The summed E-state index contributed by atoms with van der Waals surface area (Å²) in [4.78, 5) is 63.6. The first-order valence-corrected chi connectivity index (χ1v) is 19.7. The van der Waals surface area contributed by atoms with Gasteiger partial charge >= 0.3 is 29.6 Å². The average molecular weight is 859 g/mol. The van der Waals surface area contributed by atoms with E-state index >= 15 is 0 Å². The third-order valence-corrected chi connectivity index (χ3v) is 12.3. The quantitative estimate of drug-likeness (QED) is 0.0147. The number of thioether (sulfide) groups is 2. The molecule has 5 aromatic rings. The number of anilines is 1. The van der Waals surface area contributed by atoms with E-state index in [1.807, 2.05) is 30.3 Å². The molecule has 23 heteroatoms. The van der Waals surface area contributed by atoms with Crippen LogP contribution in [-0.2, 0) is 25.8 Å². The molecule has 0 unspecified atom stereocenters. The minimum absolute atomic E-state index is 0. The van der Waals surface area contributed by atoms with Gasteiger partial charge in [0.25, 0.3) is 11.8 Å². The van der Waals surface area contributed by atoms with Gasteiger partial charge in [-0.2, -0.15) is 9.78 Å². The number of para-hydroxylation sites is 1. The van der Waals surface area contributed by atoms with E-state index in [9.17, 15) is 34.5 Å². The van der Waals surface area contributed by atoms with Crippen molar-refractivity contribution in [2.24, 2.45) is 5.16 Å². The number of tetrazole rings is 1. The van der Waals surface area contributed by atoms with E-state index < -0.39 is 46.3 Å². The number of hydrogen-bond acceptors (Lipinski definition) is 17. The third-order valence-electron chi connectivity index (χ3n) is 8.70. The Kier molecular flexibility index (Phi) is 12.5. The molecule has 7 rings (SSSR count). The van der Waals surface area contributed by atoms with Crippen molar-refractivity contribution in [3.8, 4) is 11.5 Å². The predicted molar refractivity (Wildman–Crippen MR) is 202 cm³/mol. The molecule has 57 heavy (non-hydrogen) atoms. The maximum atomic E-state index is 13.8. The second-order valence-corrected chi connectivity index (χ2v) is 16.1. The normalized spacial score (nSPS) is 16.8. The van der Waals surface area contributed by atoms with Crippen molar-refractivity contribution in [2.75, 3.05) is 17.2 Å². The van der Waals surface area contributed by atoms with Gasteiger partial charge in [0.1, 0.15) is 17.1 Å². The van der Waals surface area contributed by atoms with Crippen molar-refractivity contribution in [3.63, 3.8) is 0 Å². The summed E-state index contributed by atoms with van der Waals surface area (Å²) in [6, 6.07) is 10.9. The van der Waals surface area contributed by atoms with Gasteiger partial charge in [-0.3, -0.25) is 29.6 Å². The summed E-state index contributed by atoms with van der Waals surface area (Å²) in [5.41, 5.74) is 5.55. The number of aromatic hydroxyl groups is 2. The van der Waals surface area contributed by atoms with Crippen LogP contribution in [0.3, 0.4) is 0 Å². The topological polar surface area (TPSA) is 264 Å². The summed E-state index contributed by atoms with van der Waals surface area (Å²) in [7, 11) is 0. The largest absolute Gasteiger partial charge is 1.00 e. The number of benzene rings is 2. The number of carboxylic acid groups (broad SMARTS) is 1. The molecular formula is C34H28ClN10NaO8S3. The number of carboxylic acids is 1. The van der Waals surface area contributed by atoms with Gasteiger partial charge in [-0.25, -0.2) is 4.98 Å². The fourth-order valence-corrected chi connectivity index (χ4v) is 9.09. The zero-order valence-electron chi connectivity index (χ0n) is 30.1. The number of phenols is 2. The van der Waals surface area contributed by atoms with Crippen molar-refractivity contribution < 1.29 is 73.5 Å². The zero-order chi connectivity index (χ0) is 39.9. The summed E-state index contributed by atoms with van der Waals surface area (Å²) in [6.45, 7) is 2.31. The number of rotatable bonds is 13. The van der Waals surface area contributed by atoms with Crippen LogP contribution in [0.1, 0.15) is 35.7 Å². The molecule has 0 radical (unpaired) electrons. The molecule has 2 amide bonds. The number of fused-ring (bicyclic) bond motifs is 2. The van der Waals surface area contributed by atoms with Crippen LogP contribution >= 0.6 is 46.5 Å². The molecule has 2 aliphatic rings. The number of ketones is 1. The number of nitrogens with zero attached hydrogens (tertiary/aromatic N) is 8. The number of carbonyl (C=O) groups excluding carboxylic acids is 4. The molecule has 0 bridgehead atoms. The number of Topliss-reactive ketones (excluding diaryl/α,β-unsaturated/α-hetero) is 1. The van der Waals surface area contributed by atoms with E-state index in [4.69, 9.17) is 22.2 Å². The van der Waals surface area contributed by atoms with Crippen LogP contribution in [0, 0.1) is 0 Å². The van der Waals surface area contributed by atoms with Gasteiger partial charge < -0.3 is 41.1 Å². The molecule has 5 heterocycles. The van der Waals surface area contributed by atoms with Crippen LogP contribution in [0.15, 0.2) is 69.7 Å². The summed E-state index contributed by atoms with van der Waals surface area (Å²) >= 11 is 10.1. The maximum Gasteiger partial charge on any atom is 1.00 e. The molecule has 2 aliphatic heterocycles. The van der Waals surface area contributed by atoms with Gasteiger partial charge in [0.2, 0.25) is 17.8 Å². The third kappa shape index (κ3) is 8.31. The number of nitrogens with one attached hydrogen (secondary N) is 1. The van der Waals surface area contributed by atoms with E-state index in [0.29, 0.717) is 17.2 Å². The molecule has 18 nitrogen and oxygen atoms in total. The number of carbonyl (C=O) groups is 4. The van der Waals surface area contributed by atoms with Gasteiger partial charge in [0, 0.05) is 39.5 Å². The summed E-state index contributed by atoms with van der Waals surface area (Å²) < 4.78 is 1.76. The second kappa shape index (κ2) is 17.0. The van der Waals surface area contributed by atoms with Crippen molar-refractivity contribution in [2.45, 2.75) is 42.3 Å². The minimum atomic E-state index is -1.88. The number of nitrogen functional groups attached to an aromatic ring is 1. The van der Waals surface area contributed by atoms with Gasteiger partial charge in [-0.05, 0) is 37.6 Å². The zero-order valence-corrected chi connectivity index (χ0v) is 35.3. The van der Waals surface area contributed by atoms with Crippen LogP contribution < -0.4 is 55.4 Å². The minimum Gasteiger partial charge on any atom is -0.546 e. The number of phenolic OH excluding ortho intramolecular Hbond substituents is 2. The standard InChI is InChI=1S/C34H29ClN10O8S3.Na/c1-34(2,32(51)52)53-41-24(18-14-56-33(36)37-18)29(49)38-25-30(50)45-26(28-39-42-43-40-28)15(13-55-31(25)45)12-54-22-9-10-44(19-6-4-3-5-16(19)22)11-21(47)17-7-8-20(46)27(48)23(17)35;/h3-10,14,25,31H,11-13H2,1-2H3,(H6-,36,37,38,39,40,41,42,43,46,47,48,49,51,52);/q;+1/p-1/t25-,31-;/m1./s1. The van der Waals surface area contributed by atoms with Crippen molar-refractivity contribution in [1.82, 2.24) is 35.8 Å². The Morgan fingerprint density at radius 1 is 1.23 bits per heavy atom. The molecule has 5 N–H and O–H groups in total. The van der Waals surface area contributed by atoms with Gasteiger partial charge in [-0.1, -0.05) is 28.9 Å². The first-order valence-electron chi connectivity index (χ1n) is 16.4. The van der Waals surface area contributed by atoms with E-state index in [1.165, 1.54) is 59.8 Å². The van der Waals surface area contributed by atoms with Crippen molar-refractivity contribution in [1.29, 1.82) is 0 Å². The van der Waals surface area contributed by atoms with Gasteiger partial charge in [-0.15, -0.1) is 34.9 Å². The number of amides is 2. The van der Waals surface area contributed by atoms with Crippen LogP contribution in [0.25, 0.3) is 16.6 Å². The van der Waals surface area contributed by atoms with Gasteiger partial charge in [0.05, 0.1) is 27.9 Å². The number of pyridine rings is 1. The molecule has 1 fully saturated rings. The molecule has 1 saturated heterocycles. The number of oxime groups is 1. The molecule has 2 aromatic carbocycles. The Morgan fingerprint density at radius 3 is 2.70 bits per heavy atom. The Hall–Kier alpha value is -4.77. The maximum absolute atomic E-state index is 13.8. The van der Waals surface area contributed by atoms with Crippen LogP contribution in [0.5, 0.6) is 11.5 Å². The van der Waals surface area contributed by atoms with Crippen LogP contribution in [-0.4, -0.2) is 93.4 Å². The number of thiazole rings is 1. The van der Waals surface area contributed by atoms with Crippen LogP contribution in [0.4, 0.5) is 5.13 Å². The molecule has 2 atom stereocenters. The van der Waals surface area contributed by atoms with Crippen molar-refractivity contribution >= 4 is 97.5 Å². The van der Waals surface area contributed by atoms with E-state index in [-0.39, 0.29) is 74.8 Å².